The summed E-state index contributed by atoms with van der Waals surface area (Å²) in [4.78, 5) is 38.9. The van der Waals surface area contributed by atoms with Crippen LogP contribution in [-0.4, -0.2) is 17.7 Å². The summed E-state index contributed by atoms with van der Waals surface area (Å²) in [7, 11) is 0. The molecule has 0 saturated carbocycles. The monoisotopic (exact) mass is 465 g/mol. The maximum Gasteiger partial charge on any atom is 0.283 e. The fraction of sp³-hybridized carbons (Fsp3) is 0.0417. The number of imide groups is 1. The van der Waals surface area contributed by atoms with Gasteiger partial charge in [-0.25, -0.2) is 4.90 Å². The van der Waals surface area contributed by atoms with Crippen LogP contribution in [-0.2, 0) is 9.59 Å². The van der Waals surface area contributed by atoms with Crippen LogP contribution in [0.15, 0.2) is 83.5 Å². The summed E-state index contributed by atoms with van der Waals surface area (Å²) in [5, 5.41) is 5.97. The number of rotatable bonds is 5. The maximum atomic E-state index is 12.8. The summed E-state index contributed by atoms with van der Waals surface area (Å²) in [5.41, 5.74) is 2.91. The molecule has 4 rings (SSSR count). The van der Waals surface area contributed by atoms with Gasteiger partial charge in [-0.2, -0.15) is 0 Å². The van der Waals surface area contributed by atoms with E-state index in [1.165, 1.54) is 0 Å². The second-order valence-corrected chi connectivity index (χ2v) is 7.95. The number of carbonyl (C=O) groups excluding carboxylic acids is 3. The number of nitrogens with one attached hydrogen (secondary N) is 2. The molecule has 0 aliphatic carbocycles. The predicted molar refractivity (Wildman–Crippen MR) is 126 cm³/mol. The summed E-state index contributed by atoms with van der Waals surface area (Å²) in [5.74, 6) is -1.46. The first kappa shape index (κ1) is 21.6. The predicted octanol–water partition coefficient (Wildman–Crippen LogP) is 5.34. The molecular formula is C24H17Cl2N3O3. The first-order valence-corrected chi connectivity index (χ1v) is 10.4. The van der Waals surface area contributed by atoms with Gasteiger partial charge < -0.3 is 10.6 Å². The SMILES string of the molecule is Cc1ccc(N2C(=O)C(Cl)=C(Nc3ccc(C(=O)Nc4cccc(Cl)c4)cc3)C2=O)cc1. The van der Waals surface area contributed by atoms with E-state index in [-0.39, 0.29) is 16.6 Å². The highest BCUT2D eigenvalue weighted by Gasteiger charge is 2.38. The van der Waals surface area contributed by atoms with Crippen molar-refractivity contribution < 1.29 is 14.4 Å². The molecule has 8 heteroatoms. The van der Waals surface area contributed by atoms with Crippen LogP contribution < -0.4 is 15.5 Å². The van der Waals surface area contributed by atoms with Crippen molar-refractivity contribution in [3.63, 3.8) is 0 Å². The zero-order chi connectivity index (χ0) is 22.8. The highest BCUT2D eigenvalue weighted by molar-refractivity contribution is 6.53. The van der Waals surface area contributed by atoms with E-state index in [2.05, 4.69) is 10.6 Å². The lowest BCUT2D eigenvalue weighted by Crippen LogP contribution is -2.32. The highest BCUT2D eigenvalue weighted by atomic mass is 35.5. The van der Waals surface area contributed by atoms with E-state index < -0.39 is 11.8 Å². The van der Waals surface area contributed by atoms with Crippen LogP contribution in [0.3, 0.4) is 0 Å². The molecule has 0 saturated heterocycles. The fourth-order valence-electron chi connectivity index (χ4n) is 3.16. The van der Waals surface area contributed by atoms with E-state index in [1.54, 1.807) is 60.7 Å². The lowest BCUT2D eigenvalue weighted by atomic mass is 10.2. The third-order valence-corrected chi connectivity index (χ3v) is 5.40. The van der Waals surface area contributed by atoms with Crippen molar-refractivity contribution in [1.29, 1.82) is 0 Å². The molecule has 1 heterocycles. The van der Waals surface area contributed by atoms with Gasteiger partial charge in [-0.15, -0.1) is 0 Å². The Morgan fingerprint density at radius 2 is 1.53 bits per heavy atom. The number of benzene rings is 3. The van der Waals surface area contributed by atoms with Crippen molar-refractivity contribution in [1.82, 2.24) is 0 Å². The summed E-state index contributed by atoms with van der Waals surface area (Å²) >= 11 is 12.1. The fourth-order valence-corrected chi connectivity index (χ4v) is 3.56. The number of hydrogen-bond donors (Lipinski definition) is 2. The van der Waals surface area contributed by atoms with Crippen molar-refractivity contribution in [2.45, 2.75) is 6.92 Å². The van der Waals surface area contributed by atoms with Gasteiger partial charge in [0, 0.05) is 22.0 Å². The van der Waals surface area contributed by atoms with E-state index in [4.69, 9.17) is 23.2 Å². The Morgan fingerprint density at radius 3 is 2.19 bits per heavy atom. The van der Waals surface area contributed by atoms with Crippen LogP contribution >= 0.6 is 23.2 Å². The summed E-state index contributed by atoms with van der Waals surface area (Å²) in [6.07, 6.45) is 0. The Bertz CT molecular complexity index is 1250. The molecule has 1 aliphatic rings. The number of anilines is 3. The second-order valence-electron chi connectivity index (χ2n) is 7.14. The first-order valence-electron chi connectivity index (χ1n) is 9.63. The van der Waals surface area contributed by atoms with Crippen LogP contribution in [0.5, 0.6) is 0 Å². The molecule has 0 fully saturated rings. The number of amides is 3. The molecule has 0 spiro atoms. The summed E-state index contributed by atoms with van der Waals surface area (Å²) in [6.45, 7) is 1.91. The molecule has 3 amide bonds. The van der Waals surface area contributed by atoms with Gasteiger partial charge in [0.2, 0.25) is 0 Å². The third kappa shape index (κ3) is 4.37. The minimum atomic E-state index is -0.597. The standard InChI is InChI=1S/C24H17Cl2N3O3/c1-14-5-11-19(12-6-14)29-23(31)20(26)21(24(29)32)27-17-9-7-15(8-10-17)22(30)28-18-4-2-3-16(25)13-18/h2-13,27H,1H3,(H,28,30). The molecule has 0 unspecified atom stereocenters. The molecule has 0 radical (unpaired) electrons. The molecule has 0 aromatic heterocycles. The second kappa shape index (κ2) is 8.86. The average Bonchev–Trinajstić information content (AvgIpc) is 2.98. The smallest absolute Gasteiger partial charge is 0.283 e. The van der Waals surface area contributed by atoms with Crippen LogP contribution in [0.2, 0.25) is 5.02 Å². The van der Waals surface area contributed by atoms with E-state index in [0.717, 1.165) is 10.5 Å². The van der Waals surface area contributed by atoms with Crippen LogP contribution in [0.25, 0.3) is 0 Å². The normalized spacial score (nSPS) is 13.5. The number of nitrogens with zero attached hydrogens (tertiary/aromatic N) is 1. The summed E-state index contributed by atoms with van der Waals surface area (Å²) < 4.78 is 0. The molecule has 0 bridgehead atoms. The Balaban J connectivity index is 1.48. The minimum Gasteiger partial charge on any atom is -0.350 e. The van der Waals surface area contributed by atoms with Gasteiger partial charge in [0.1, 0.15) is 10.7 Å². The molecule has 6 nitrogen and oxygen atoms in total. The van der Waals surface area contributed by atoms with Gasteiger partial charge in [-0.3, -0.25) is 14.4 Å². The molecule has 3 aromatic rings. The van der Waals surface area contributed by atoms with Gasteiger partial charge in [0.05, 0.1) is 5.69 Å². The third-order valence-electron chi connectivity index (χ3n) is 4.82. The van der Waals surface area contributed by atoms with Crippen molar-refractivity contribution in [2.24, 2.45) is 0 Å². The van der Waals surface area contributed by atoms with Gasteiger partial charge in [-0.1, -0.05) is 47.0 Å². The van der Waals surface area contributed by atoms with Gasteiger partial charge in [-0.05, 0) is 61.5 Å². The molecule has 3 aromatic carbocycles. The molecule has 2 N–H and O–H groups in total. The van der Waals surface area contributed by atoms with Crippen molar-refractivity contribution in [2.75, 3.05) is 15.5 Å². The van der Waals surface area contributed by atoms with Crippen molar-refractivity contribution in [3.05, 3.63) is 99.7 Å². The Kier molecular flexibility index (Phi) is 5.99. The molecule has 0 atom stereocenters. The zero-order valence-corrected chi connectivity index (χ0v) is 18.4. The number of hydrogen-bond acceptors (Lipinski definition) is 4. The van der Waals surface area contributed by atoms with E-state index in [1.807, 2.05) is 19.1 Å². The van der Waals surface area contributed by atoms with Crippen molar-refractivity contribution >= 4 is 58.0 Å². The van der Waals surface area contributed by atoms with Gasteiger partial charge in [0.25, 0.3) is 17.7 Å². The highest BCUT2D eigenvalue weighted by Crippen LogP contribution is 2.30. The lowest BCUT2D eigenvalue weighted by Gasteiger charge is -2.15. The van der Waals surface area contributed by atoms with Gasteiger partial charge in [0.15, 0.2) is 0 Å². The van der Waals surface area contributed by atoms with Crippen LogP contribution in [0.4, 0.5) is 17.1 Å². The Morgan fingerprint density at radius 1 is 0.844 bits per heavy atom. The molecular weight excluding hydrogens is 449 g/mol. The van der Waals surface area contributed by atoms with E-state index in [0.29, 0.717) is 27.6 Å². The maximum absolute atomic E-state index is 12.8. The molecule has 32 heavy (non-hydrogen) atoms. The minimum absolute atomic E-state index is 0.0200. The number of carbonyl (C=O) groups is 3. The first-order chi connectivity index (χ1) is 15.3. The van der Waals surface area contributed by atoms with Crippen molar-refractivity contribution in [3.8, 4) is 0 Å². The quantitative estimate of drug-likeness (QED) is 0.498. The average molecular weight is 466 g/mol. The van der Waals surface area contributed by atoms with E-state index >= 15 is 0 Å². The molecule has 160 valence electrons. The largest absolute Gasteiger partial charge is 0.350 e. The Hall–Kier alpha value is -3.61. The zero-order valence-electron chi connectivity index (χ0n) is 16.9. The number of halogens is 2. The molecule has 1 aliphatic heterocycles. The topological polar surface area (TPSA) is 78.5 Å². The number of aryl methyl sites for hydroxylation is 1. The van der Waals surface area contributed by atoms with E-state index in [9.17, 15) is 14.4 Å². The Labute approximate surface area is 194 Å². The summed E-state index contributed by atoms with van der Waals surface area (Å²) in [6, 6.07) is 20.2. The van der Waals surface area contributed by atoms with Crippen LogP contribution in [0.1, 0.15) is 15.9 Å². The van der Waals surface area contributed by atoms with Gasteiger partial charge >= 0.3 is 0 Å². The van der Waals surface area contributed by atoms with Crippen LogP contribution in [0, 0.1) is 6.92 Å². The lowest BCUT2D eigenvalue weighted by molar-refractivity contribution is -0.120.